The highest BCUT2D eigenvalue weighted by Gasteiger charge is 2.10. The standard InChI is InChI=1S/C18H25N3/c1-14-4-5-17(12-15(14)2)18(19)13-21(3)11-8-16-6-9-20-10-7-16/h4-7,9-10,12,18H,8,11,13,19H2,1-3H3. The Morgan fingerprint density at radius 2 is 1.81 bits per heavy atom. The van der Waals surface area contributed by atoms with Crippen LogP contribution in [0.25, 0.3) is 0 Å². The van der Waals surface area contributed by atoms with Crippen molar-refractivity contribution < 1.29 is 0 Å². The fourth-order valence-electron chi connectivity index (χ4n) is 2.40. The lowest BCUT2D eigenvalue weighted by molar-refractivity contribution is 0.316. The normalized spacial score (nSPS) is 12.6. The third-order valence-electron chi connectivity index (χ3n) is 4.00. The molecule has 1 aromatic heterocycles. The third-order valence-corrected chi connectivity index (χ3v) is 4.00. The first-order valence-electron chi connectivity index (χ1n) is 7.46. The first-order chi connectivity index (χ1) is 10.1. The van der Waals surface area contributed by atoms with E-state index < -0.39 is 0 Å². The van der Waals surface area contributed by atoms with Gasteiger partial charge in [-0.2, -0.15) is 0 Å². The molecule has 1 heterocycles. The van der Waals surface area contributed by atoms with Crippen molar-refractivity contribution in [2.45, 2.75) is 26.3 Å². The van der Waals surface area contributed by atoms with E-state index in [0.717, 1.165) is 19.5 Å². The summed E-state index contributed by atoms with van der Waals surface area (Å²) in [4.78, 5) is 6.33. The summed E-state index contributed by atoms with van der Waals surface area (Å²) < 4.78 is 0. The van der Waals surface area contributed by atoms with Crippen LogP contribution in [0, 0.1) is 13.8 Å². The van der Waals surface area contributed by atoms with Crippen LogP contribution in [-0.4, -0.2) is 30.0 Å². The zero-order valence-electron chi connectivity index (χ0n) is 13.2. The quantitative estimate of drug-likeness (QED) is 0.886. The van der Waals surface area contributed by atoms with Crippen LogP contribution in [0.1, 0.15) is 28.3 Å². The smallest absolute Gasteiger partial charge is 0.0424 e. The zero-order chi connectivity index (χ0) is 15.2. The van der Waals surface area contributed by atoms with Gasteiger partial charge in [-0.3, -0.25) is 4.98 Å². The Morgan fingerprint density at radius 1 is 1.10 bits per heavy atom. The first-order valence-corrected chi connectivity index (χ1v) is 7.46. The highest BCUT2D eigenvalue weighted by molar-refractivity contribution is 5.31. The van der Waals surface area contributed by atoms with Crippen molar-refractivity contribution in [3.8, 4) is 0 Å². The summed E-state index contributed by atoms with van der Waals surface area (Å²) in [6.45, 7) is 6.14. The molecule has 0 saturated carbocycles. The van der Waals surface area contributed by atoms with Crippen molar-refractivity contribution in [1.29, 1.82) is 0 Å². The van der Waals surface area contributed by atoms with E-state index in [2.05, 4.69) is 61.1 Å². The van der Waals surface area contributed by atoms with E-state index in [4.69, 9.17) is 5.73 Å². The molecule has 21 heavy (non-hydrogen) atoms. The van der Waals surface area contributed by atoms with E-state index in [0.29, 0.717) is 0 Å². The van der Waals surface area contributed by atoms with Gasteiger partial charge in [-0.15, -0.1) is 0 Å². The number of hydrogen-bond donors (Lipinski definition) is 1. The first kappa shape index (κ1) is 15.7. The molecule has 2 aromatic rings. The van der Waals surface area contributed by atoms with Crippen LogP contribution < -0.4 is 5.73 Å². The molecule has 0 fully saturated rings. The van der Waals surface area contributed by atoms with Gasteiger partial charge in [-0.05, 0) is 61.7 Å². The van der Waals surface area contributed by atoms with Gasteiger partial charge in [0.05, 0.1) is 0 Å². The molecule has 0 amide bonds. The molecule has 1 atom stereocenters. The van der Waals surface area contributed by atoms with E-state index >= 15 is 0 Å². The fraction of sp³-hybridized carbons (Fsp3) is 0.389. The summed E-state index contributed by atoms with van der Waals surface area (Å²) in [6.07, 6.45) is 4.71. The zero-order valence-corrected chi connectivity index (χ0v) is 13.2. The molecule has 1 aromatic carbocycles. The number of hydrogen-bond acceptors (Lipinski definition) is 3. The van der Waals surface area contributed by atoms with Gasteiger partial charge < -0.3 is 10.6 Å². The molecule has 2 N–H and O–H groups in total. The van der Waals surface area contributed by atoms with Crippen molar-refractivity contribution in [2.75, 3.05) is 20.1 Å². The lowest BCUT2D eigenvalue weighted by atomic mass is 10.0. The predicted molar refractivity (Wildman–Crippen MR) is 88.3 cm³/mol. The maximum Gasteiger partial charge on any atom is 0.0424 e. The molecular formula is C18H25N3. The van der Waals surface area contributed by atoms with Crippen molar-refractivity contribution in [3.63, 3.8) is 0 Å². The van der Waals surface area contributed by atoms with Gasteiger partial charge in [-0.1, -0.05) is 18.2 Å². The van der Waals surface area contributed by atoms with Gasteiger partial charge in [-0.25, -0.2) is 0 Å². The summed E-state index contributed by atoms with van der Waals surface area (Å²) in [6, 6.07) is 10.7. The second-order valence-electron chi connectivity index (χ2n) is 5.82. The summed E-state index contributed by atoms with van der Waals surface area (Å²) in [7, 11) is 2.13. The molecule has 0 saturated heterocycles. The molecule has 0 aliphatic heterocycles. The summed E-state index contributed by atoms with van der Waals surface area (Å²) in [5, 5.41) is 0. The SMILES string of the molecule is Cc1ccc(C(N)CN(C)CCc2ccncc2)cc1C. The van der Waals surface area contributed by atoms with Crippen molar-refractivity contribution >= 4 is 0 Å². The summed E-state index contributed by atoms with van der Waals surface area (Å²) in [5.41, 5.74) is 11.5. The lowest BCUT2D eigenvalue weighted by Crippen LogP contribution is -2.30. The molecule has 2 rings (SSSR count). The predicted octanol–water partition coefficient (Wildman–Crippen LogP) is 2.87. The number of pyridine rings is 1. The van der Waals surface area contributed by atoms with Crippen LogP contribution in [-0.2, 0) is 6.42 Å². The monoisotopic (exact) mass is 283 g/mol. The molecule has 112 valence electrons. The van der Waals surface area contributed by atoms with Crippen LogP contribution in [0.2, 0.25) is 0 Å². The Morgan fingerprint density at radius 3 is 2.48 bits per heavy atom. The summed E-state index contributed by atoms with van der Waals surface area (Å²) >= 11 is 0. The molecular weight excluding hydrogens is 258 g/mol. The maximum atomic E-state index is 6.33. The van der Waals surface area contributed by atoms with Crippen LogP contribution in [0.3, 0.4) is 0 Å². The van der Waals surface area contributed by atoms with E-state index in [9.17, 15) is 0 Å². The molecule has 0 bridgehead atoms. The Kier molecular flexibility index (Phi) is 5.48. The lowest BCUT2D eigenvalue weighted by Gasteiger charge is -2.22. The molecule has 0 radical (unpaired) electrons. The number of benzene rings is 1. The Balaban J connectivity index is 1.86. The highest BCUT2D eigenvalue weighted by Crippen LogP contribution is 2.16. The number of nitrogens with zero attached hydrogens (tertiary/aromatic N) is 2. The van der Waals surface area contributed by atoms with Gasteiger partial charge in [0.25, 0.3) is 0 Å². The Hall–Kier alpha value is -1.71. The number of likely N-dealkylation sites (N-methyl/N-ethyl adjacent to an activating group) is 1. The molecule has 3 heteroatoms. The van der Waals surface area contributed by atoms with E-state index in [1.807, 2.05) is 12.4 Å². The fourth-order valence-corrected chi connectivity index (χ4v) is 2.40. The third kappa shape index (κ3) is 4.66. The molecule has 3 nitrogen and oxygen atoms in total. The summed E-state index contributed by atoms with van der Waals surface area (Å²) in [5.74, 6) is 0. The Bertz CT molecular complexity index is 566. The van der Waals surface area contributed by atoms with E-state index in [1.54, 1.807) is 0 Å². The minimum atomic E-state index is 0.0618. The van der Waals surface area contributed by atoms with Crippen molar-refractivity contribution in [1.82, 2.24) is 9.88 Å². The number of aryl methyl sites for hydroxylation is 2. The van der Waals surface area contributed by atoms with Crippen LogP contribution >= 0.6 is 0 Å². The topological polar surface area (TPSA) is 42.1 Å². The number of rotatable bonds is 6. The van der Waals surface area contributed by atoms with Crippen LogP contribution in [0.4, 0.5) is 0 Å². The van der Waals surface area contributed by atoms with Crippen molar-refractivity contribution in [3.05, 3.63) is 65.0 Å². The second kappa shape index (κ2) is 7.34. The van der Waals surface area contributed by atoms with E-state index in [-0.39, 0.29) is 6.04 Å². The van der Waals surface area contributed by atoms with Gasteiger partial charge in [0.2, 0.25) is 0 Å². The average molecular weight is 283 g/mol. The van der Waals surface area contributed by atoms with E-state index in [1.165, 1.54) is 22.3 Å². The van der Waals surface area contributed by atoms with Gasteiger partial charge in [0.15, 0.2) is 0 Å². The molecule has 0 aliphatic rings. The molecule has 1 unspecified atom stereocenters. The largest absolute Gasteiger partial charge is 0.323 e. The number of aromatic nitrogens is 1. The second-order valence-corrected chi connectivity index (χ2v) is 5.82. The van der Waals surface area contributed by atoms with Crippen molar-refractivity contribution in [2.24, 2.45) is 5.73 Å². The minimum Gasteiger partial charge on any atom is -0.323 e. The molecule has 0 aliphatic carbocycles. The average Bonchev–Trinajstić information content (AvgIpc) is 2.49. The van der Waals surface area contributed by atoms with Crippen LogP contribution in [0.15, 0.2) is 42.7 Å². The Labute approximate surface area is 127 Å². The maximum absolute atomic E-state index is 6.33. The molecule has 0 spiro atoms. The van der Waals surface area contributed by atoms with Crippen LogP contribution in [0.5, 0.6) is 0 Å². The van der Waals surface area contributed by atoms with Gasteiger partial charge >= 0.3 is 0 Å². The highest BCUT2D eigenvalue weighted by atomic mass is 15.1. The van der Waals surface area contributed by atoms with Gasteiger partial charge in [0, 0.05) is 31.5 Å². The van der Waals surface area contributed by atoms with Gasteiger partial charge in [0.1, 0.15) is 0 Å². The number of nitrogens with two attached hydrogens (primary N) is 1. The minimum absolute atomic E-state index is 0.0618.